The highest BCUT2D eigenvalue weighted by atomic mass is 32.2. The predicted molar refractivity (Wildman–Crippen MR) is 113 cm³/mol. The van der Waals surface area contributed by atoms with Crippen molar-refractivity contribution in [3.63, 3.8) is 0 Å². The largest absolute Gasteiger partial charge is 0.476 e. The first-order valence-electron chi connectivity index (χ1n) is 10.3. The lowest BCUT2D eigenvalue weighted by atomic mass is 10.1. The number of urea groups is 1. The number of halogens is 3. The number of hydrogen-bond donors (Lipinski definition) is 2. The van der Waals surface area contributed by atoms with E-state index in [1.54, 1.807) is 0 Å². The van der Waals surface area contributed by atoms with E-state index in [0.717, 1.165) is 25.0 Å². The molecule has 2 N–H and O–H groups in total. The maximum Gasteiger partial charge on any atom is 0.416 e. The van der Waals surface area contributed by atoms with Gasteiger partial charge in [-0.1, -0.05) is 6.07 Å². The van der Waals surface area contributed by atoms with Gasteiger partial charge in [-0.2, -0.15) is 13.2 Å². The highest BCUT2D eigenvalue weighted by Crippen LogP contribution is 2.33. The Hall–Kier alpha value is -2.86. The van der Waals surface area contributed by atoms with Crippen LogP contribution in [0.2, 0.25) is 0 Å². The number of anilines is 2. The SMILES string of the molecule is O=C(Nc1cccc(C(F)(F)F)c1)Nc1cc(S(=O)(=O)CC2COC2)cnc1OCC1CC1. The Morgan fingerprint density at radius 1 is 1.15 bits per heavy atom. The number of rotatable bonds is 8. The second kappa shape index (κ2) is 9.18. The van der Waals surface area contributed by atoms with Crippen LogP contribution in [-0.4, -0.2) is 45.0 Å². The van der Waals surface area contributed by atoms with E-state index in [4.69, 9.17) is 9.47 Å². The molecular formula is C21H22F3N3O5S. The molecule has 0 unspecified atom stereocenters. The second-order valence-electron chi connectivity index (χ2n) is 8.12. The maximum atomic E-state index is 12.9. The van der Waals surface area contributed by atoms with E-state index in [-0.39, 0.29) is 33.8 Å². The summed E-state index contributed by atoms with van der Waals surface area (Å²) < 4.78 is 74.8. The average molecular weight is 485 g/mol. The van der Waals surface area contributed by atoms with E-state index < -0.39 is 27.6 Å². The third-order valence-corrected chi connectivity index (χ3v) is 7.05. The standard InChI is InChI=1S/C21H22F3N3O5S/c22-21(23,24)15-2-1-3-16(6-15)26-20(28)27-18-7-17(33(29,30)12-14-9-31-10-14)8-25-19(18)32-11-13-4-5-13/h1-3,6-8,13-14H,4-5,9-12H2,(H2,26,27,28). The highest BCUT2D eigenvalue weighted by molar-refractivity contribution is 7.91. The van der Waals surface area contributed by atoms with Crippen molar-refractivity contribution in [2.45, 2.75) is 23.9 Å². The minimum Gasteiger partial charge on any atom is -0.476 e. The van der Waals surface area contributed by atoms with Crippen LogP contribution in [0.25, 0.3) is 0 Å². The smallest absolute Gasteiger partial charge is 0.416 e. The van der Waals surface area contributed by atoms with Gasteiger partial charge in [-0.25, -0.2) is 18.2 Å². The van der Waals surface area contributed by atoms with E-state index in [1.807, 2.05) is 0 Å². The van der Waals surface area contributed by atoms with Crippen LogP contribution in [0.5, 0.6) is 5.88 Å². The Labute approximate surface area is 188 Å². The van der Waals surface area contributed by atoms with Crippen LogP contribution in [0, 0.1) is 11.8 Å². The van der Waals surface area contributed by atoms with E-state index in [0.29, 0.717) is 25.7 Å². The Kier molecular flexibility index (Phi) is 6.48. The number of nitrogens with one attached hydrogen (secondary N) is 2. The number of hydrogen-bond acceptors (Lipinski definition) is 6. The van der Waals surface area contributed by atoms with Crippen molar-refractivity contribution in [2.75, 3.05) is 36.2 Å². The molecule has 0 spiro atoms. The fourth-order valence-corrected chi connectivity index (χ4v) is 4.65. The van der Waals surface area contributed by atoms with Crippen molar-refractivity contribution in [1.82, 2.24) is 4.98 Å². The predicted octanol–water partition coefficient (Wildman–Crippen LogP) is 3.95. The molecule has 33 heavy (non-hydrogen) atoms. The normalized spacial score (nSPS) is 16.7. The molecule has 4 rings (SSSR count). The molecule has 1 aliphatic carbocycles. The molecule has 0 radical (unpaired) electrons. The summed E-state index contributed by atoms with van der Waals surface area (Å²) in [4.78, 5) is 16.5. The number of aromatic nitrogens is 1. The van der Waals surface area contributed by atoms with E-state index in [2.05, 4.69) is 15.6 Å². The van der Waals surface area contributed by atoms with Crippen LogP contribution in [0.3, 0.4) is 0 Å². The lowest BCUT2D eigenvalue weighted by Crippen LogP contribution is -2.33. The number of carbonyl (C=O) groups excluding carboxylic acids is 1. The van der Waals surface area contributed by atoms with Crippen molar-refractivity contribution in [3.05, 3.63) is 42.1 Å². The number of nitrogens with zero attached hydrogens (tertiary/aromatic N) is 1. The van der Waals surface area contributed by atoms with Gasteiger partial charge in [-0.15, -0.1) is 0 Å². The summed E-state index contributed by atoms with van der Waals surface area (Å²) in [6.45, 7) is 1.09. The first kappa shape index (κ1) is 23.3. The van der Waals surface area contributed by atoms with Gasteiger partial charge < -0.3 is 20.1 Å². The first-order chi connectivity index (χ1) is 15.6. The lowest BCUT2D eigenvalue weighted by Gasteiger charge is -2.25. The third kappa shape index (κ3) is 6.14. The zero-order valence-electron chi connectivity index (χ0n) is 17.4. The quantitative estimate of drug-likeness (QED) is 0.587. The molecule has 2 aromatic rings. The minimum atomic E-state index is -4.56. The molecule has 0 bridgehead atoms. The van der Waals surface area contributed by atoms with Gasteiger partial charge in [0.05, 0.1) is 36.0 Å². The van der Waals surface area contributed by atoms with Crippen LogP contribution < -0.4 is 15.4 Å². The van der Waals surface area contributed by atoms with E-state index in [9.17, 15) is 26.4 Å². The van der Waals surface area contributed by atoms with Crippen LogP contribution in [0.1, 0.15) is 18.4 Å². The van der Waals surface area contributed by atoms with Crippen molar-refractivity contribution in [3.8, 4) is 5.88 Å². The Morgan fingerprint density at radius 3 is 2.55 bits per heavy atom. The van der Waals surface area contributed by atoms with E-state index in [1.165, 1.54) is 24.4 Å². The Bertz CT molecular complexity index is 1130. The monoisotopic (exact) mass is 485 g/mol. The Balaban J connectivity index is 1.52. The summed E-state index contributed by atoms with van der Waals surface area (Å²) in [6.07, 6.45) is -1.37. The topological polar surface area (TPSA) is 107 Å². The molecule has 1 saturated carbocycles. The zero-order chi connectivity index (χ0) is 23.6. The number of amides is 2. The fourth-order valence-electron chi connectivity index (χ4n) is 3.13. The molecule has 2 fully saturated rings. The van der Waals surface area contributed by atoms with Gasteiger partial charge >= 0.3 is 12.2 Å². The molecule has 2 heterocycles. The molecule has 2 amide bonds. The maximum absolute atomic E-state index is 12.9. The molecule has 2 aliphatic rings. The highest BCUT2D eigenvalue weighted by Gasteiger charge is 2.31. The van der Waals surface area contributed by atoms with Crippen LogP contribution >= 0.6 is 0 Å². The summed E-state index contributed by atoms with van der Waals surface area (Å²) in [5.74, 6) is 0.182. The molecule has 178 valence electrons. The summed E-state index contributed by atoms with van der Waals surface area (Å²) in [5.41, 5.74) is -0.987. The molecule has 1 aliphatic heterocycles. The van der Waals surface area contributed by atoms with Crippen molar-refractivity contribution in [1.29, 1.82) is 0 Å². The van der Waals surface area contributed by atoms with Crippen molar-refractivity contribution in [2.24, 2.45) is 11.8 Å². The minimum absolute atomic E-state index is 0.00561. The van der Waals surface area contributed by atoms with Crippen molar-refractivity contribution >= 4 is 27.2 Å². The van der Waals surface area contributed by atoms with Crippen molar-refractivity contribution < 1.29 is 35.9 Å². The summed E-state index contributed by atoms with van der Waals surface area (Å²) in [5, 5.41) is 4.76. The van der Waals surface area contributed by atoms with Gasteiger partial charge in [-0.3, -0.25) is 0 Å². The number of pyridine rings is 1. The van der Waals surface area contributed by atoms with E-state index >= 15 is 0 Å². The number of carbonyl (C=O) groups is 1. The first-order valence-corrected chi connectivity index (χ1v) is 11.9. The number of benzene rings is 1. The fraction of sp³-hybridized carbons (Fsp3) is 0.429. The molecule has 1 saturated heterocycles. The van der Waals surface area contributed by atoms with Crippen LogP contribution in [-0.2, 0) is 20.8 Å². The number of alkyl halides is 3. The lowest BCUT2D eigenvalue weighted by molar-refractivity contribution is -0.137. The molecule has 12 heteroatoms. The van der Waals surface area contributed by atoms with Crippen LogP contribution in [0.15, 0.2) is 41.4 Å². The third-order valence-electron chi connectivity index (χ3n) is 5.20. The summed E-state index contributed by atoms with van der Waals surface area (Å²) >= 11 is 0. The molecule has 0 atom stereocenters. The summed E-state index contributed by atoms with van der Waals surface area (Å²) in [6, 6.07) is 4.54. The summed E-state index contributed by atoms with van der Waals surface area (Å²) in [7, 11) is -3.69. The zero-order valence-corrected chi connectivity index (χ0v) is 18.2. The van der Waals surface area contributed by atoms with Gasteiger partial charge in [0.25, 0.3) is 0 Å². The van der Waals surface area contributed by atoms with Gasteiger partial charge in [0.1, 0.15) is 5.69 Å². The second-order valence-corrected chi connectivity index (χ2v) is 10.2. The molecule has 1 aromatic carbocycles. The molecule has 8 nitrogen and oxygen atoms in total. The van der Waals surface area contributed by atoms with Gasteiger partial charge in [0.2, 0.25) is 5.88 Å². The average Bonchev–Trinajstić information content (AvgIpc) is 3.54. The molecule has 1 aromatic heterocycles. The Morgan fingerprint density at radius 2 is 1.91 bits per heavy atom. The molecular weight excluding hydrogens is 463 g/mol. The number of ether oxygens (including phenoxy) is 2. The number of sulfone groups is 1. The van der Waals surface area contributed by atoms with Crippen LogP contribution in [0.4, 0.5) is 29.3 Å². The van der Waals surface area contributed by atoms with Gasteiger partial charge in [-0.05, 0) is 43.0 Å². The van der Waals surface area contributed by atoms with Gasteiger partial charge in [0, 0.05) is 17.8 Å². The van der Waals surface area contributed by atoms with Gasteiger partial charge in [0.15, 0.2) is 9.84 Å².